The molecule has 0 fully saturated rings. The number of hydrogen-bond donors (Lipinski definition) is 2. The highest BCUT2D eigenvalue weighted by Crippen LogP contribution is 2.25. The van der Waals surface area contributed by atoms with E-state index in [2.05, 4.69) is 0 Å². The van der Waals surface area contributed by atoms with Crippen molar-refractivity contribution in [2.75, 3.05) is 13.2 Å². The van der Waals surface area contributed by atoms with E-state index in [0.29, 0.717) is 15.6 Å². The fourth-order valence-electron chi connectivity index (χ4n) is 1.16. The summed E-state index contributed by atoms with van der Waals surface area (Å²) < 4.78 is 25.3. The van der Waals surface area contributed by atoms with Gasteiger partial charge in [-0.1, -0.05) is 29.3 Å². The molecule has 0 saturated carbocycles. The van der Waals surface area contributed by atoms with Gasteiger partial charge in [-0.3, -0.25) is 4.79 Å². The highest BCUT2D eigenvalue weighted by atomic mass is 35.5. The van der Waals surface area contributed by atoms with Crippen molar-refractivity contribution in [1.82, 2.24) is 5.32 Å². The van der Waals surface area contributed by atoms with Gasteiger partial charge in [0, 0.05) is 21.7 Å². The van der Waals surface area contributed by atoms with Crippen molar-refractivity contribution in [2.45, 2.75) is 5.92 Å². The minimum atomic E-state index is -3.34. The van der Waals surface area contributed by atoms with Crippen LogP contribution >= 0.6 is 23.2 Å². The molecule has 3 nitrogen and oxygen atoms in total. The molecule has 19 heavy (non-hydrogen) atoms. The standard InChI is InChI=1S/C12H11Cl2F2NO2/c13-9-2-1-3-10(14)8(9)4-5-11(19)17-6-12(15,16)7-18/h1-5,18H,6-7H2,(H,17,19)/b5-4+. The second-order valence-corrected chi connectivity index (χ2v) is 4.51. The lowest BCUT2D eigenvalue weighted by molar-refractivity contribution is -0.119. The van der Waals surface area contributed by atoms with Crippen molar-refractivity contribution < 1.29 is 18.7 Å². The third kappa shape index (κ3) is 5.14. The number of aliphatic hydroxyl groups excluding tert-OH is 1. The summed E-state index contributed by atoms with van der Waals surface area (Å²) in [6.45, 7) is -2.27. The van der Waals surface area contributed by atoms with E-state index in [1.165, 1.54) is 6.08 Å². The van der Waals surface area contributed by atoms with Crippen molar-refractivity contribution in [3.05, 3.63) is 39.9 Å². The van der Waals surface area contributed by atoms with E-state index in [1.807, 2.05) is 5.32 Å². The number of amides is 1. The maximum Gasteiger partial charge on any atom is 0.287 e. The summed E-state index contributed by atoms with van der Waals surface area (Å²) in [6.07, 6.45) is 2.37. The Balaban J connectivity index is 2.64. The normalized spacial score (nSPS) is 11.8. The predicted molar refractivity (Wildman–Crippen MR) is 70.5 cm³/mol. The first-order valence-electron chi connectivity index (χ1n) is 5.24. The monoisotopic (exact) mass is 309 g/mol. The summed E-state index contributed by atoms with van der Waals surface area (Å²) in [5.41, 5.74) is 0.426. The van der Waals surface area contributed by atoms with E-state index in [4.69, 9.17) is 28.3 Å². The van der Waals surface area contributed by atoms with Gasteiger partial charge in [0.1, 0.15) is 6.61 Å². The van der Waals surface area contributed by atoms with Gasteiger partial charge in [-0.15, -0.1) is 0 Å². The van der Waals surface area contributed by atoms with E-state index in [0.717, 1.165) is 6.08 Å². The lowest BCUT2D eigenvalue weighted by atomic mass is 10.2. The van der Waals surface area contributed by atoms with Crippen molar-refractivity contribution in [2.24, 2.45) is 0 Å². The van der Waals surface area contributed by atoms with Gasteiger partial charge in [0.25, 0.3) is 5.92 Å². The Morgan fingerprint density at radius 2 is 1.95 bits per heavy atom. The molecule has 0 spiro atoms. The fraction of sp³-hybridized carbons (Fsp3) is 0.250. The molecule has 1 rings (SSSR count). The van der Waals surface area contributed by atoms with Gasteiger partial charge < -0.3 is 10.4 Å². The molecule has 0 heterocycles. The lowest BCUT2D eigenvalue weighted by Crippen LogP contribution is -2.38. The second-order valence-electron chi connectivity index (χ2n) is 3.70. The Bertz CT molecular complexity index is 472. The molecule has 1 aromatic carbocycles. The topological polar surface area (TPSA) is 49.3 Å². The summed E-state index contributed by atoms with van der Waals surface area (Å²) in [4.78, 5) is 11.3. The van der Waals surface area contributed by atoms with E-state index >= 15 is 0 Å². The summed E-state index contributed by atoms with van der Waals surface area (Å²) in [5, 5.41) is 11.0. The summed E-state index contributed by atoms with van der Waals surface area (Å²) in [7, 11) is 0. The van der Waals surface area contributed by atoms with Crippen LogP contribution in [0.15, 0.2) is 24.3 Å². The molecule has 1 amide bonds. The third-order valence-corrected chi connectivity index (χ3v) is 2.81. The van der Waals surface area contributed by atoms with Crippen LogP contribution in [0, 0.1) is 0 Å². The Labute approximate surface area is 118 Å². The first-order chi connectivity index (χ1) is 8.85. The van der Waals surface area contributed by atoms with E-state index in [1.54, 1.807) is 18.2 Å². The number of rotatable bonds is 5. The van der Waals surface area contributed by atoms with Crippen LogP contribution in [0.4, 0.5) is 8.78 Å². The zero-order chi connectivity index (χ0) is 14.5. The van der Waals surface area contributed by atoms with Gasteiger partial charge in [0.2, 0.25) is 5.91 Å². The highest BCUT2D eigenvalue weighted by molar-refractivity contribution is 6.37. The molecular weight excluding hydrogens is 299 g/mol. The molecule has 2 N–H and O–H groups in total. The number of benzene rings is 1. The van der Waals surface area contributed by atoms with Crippen LogP contribution in [0.2, 0.25) is 10.0 Å². The van der Waals surface area contributed by atoms with Crippen LogP contribution in [-0.2, 0) is 4.79 Å². The second kappa shape index (κ2) is 6.84. The molecule has 0 saturated heterocycles. The van der Waals surface area contributed by atoms with Gasteiger partial charge in [-0.25, -0.2) is 8.78 Å². The first-order valence-corrected chi connectivity index (χ1v) is 6.00. The van der Waals surface area contributed by atoms with E-state index in [9.17, 15) is 13.6 Å². The lowest BCUT2D eigenvalue weighted by Gasteiger charge is -2.12. The van der Waals surface area contributed by atoms with Crippen LogP contribution < -0.4 is 5.32 Å². The van der Waals surface area contributed by atoms with Crippen LogP contribution in [-0.4, -0.2) is 30.1 Å². The molecule has 1 aromatic rings. The number of aliphatic hydroxyl groups is 1. The molecule has 0 aromatic heterocycles. The molecule has 0 radical (unpaired) electrons. The minimum Gasteiger partial charge on any atom is -0.390 e. The fourth-order valence-corrected chi connectivity index (χ4v) is 1.68. The van der Waals surface area contributed by atoms with Crippen LogP contribution in [0.25, 0.3) is 6.08 Å². The number of carbonyl (C=O) groups excluding carboxylic acids is 1. The zero-order valence-electron chi connectivity index (χ0n) is 9.67. The quantitative estimate of drug-likeness (QED) is 0.822. The molecule has 104 valence electrons. The molecule has 0 atom stereocenters. The van der Waals surface area contributed by atoms with Gasteiger partial charge in [0.15, 0.2) is 0 Å². The molecule has 0 aliphatic rings. The van der Waals surface area contributed by atoms with Crippen LogP contribution in [0.3, 0.4) is 0 Å². The minimum absolute atomic E-state index is 0.345. The largest absolute Gasteiger partial charge is 0.390 e. The molecule has 0 aliphatic heterocycles. The van der Waals surface area contributed by atoms with Crippen LogP contribution in [0.5, 0.6) is 0 Å². The molecular formula is C12H11Cl2F2NO2. The van der Waals surface area contributed by atoms with Gasteiger partial charge in [-0.05, 0) is 18.2 Å². The number of nitrogens with one attached hydrogen (secondary N) is 1. The van der Waals surface area contributed by atoms with Crippen LogP contribution in [0.1, 0.15) is 5.56 Å². The molecule has 0 aliphatic carbocycles. The average Bonchev–Trinajstić information content (AvgIpc) is 2.36. The van der Waals surface area contributed by atoms with Crippen molar-refractivity contribution in [1.29, 1.82) is 0 Å². The average molecular weight is 310 g/mol. The zero-order valence-corrected chi connectivity index (χ0v) is 11.2. The number of halogens is 4. The van der Waals surface area contributed by atoms with Gasteiger partial charge in [-0.2, -0.15) is 0 Å². The number of carbonyl (C=O) groups is 1. The smallest absolute Gasteiger partial charge is 0.287 e. The molecule has 0 bridgehead atoms. The summed E-state index contributed by atoms with van der Waals surface area (Å²) >= 11 is 11.7. The Hall–Kier alpha value is -1.17. The van der Waals surface area contributed by atoms with E-state index < -0.39 is 25.0 Å². The number of alkyl halides is 2. The maximum atomic E-state index is 12.7. The first kappa shape index (κ1) is 15.9. The summed E-state index contributed by atoms with van der Waals surface area (Å²) in [5.74, 6) is -4.07. The van der Waals surface area contributed by atoms with Gasteiger partial charge >= 0.3 is 0 Å². The molecule has 7 heteroatoms. The van der Waals surface area contributed by atoms with E-state index in [-0.39, 0.29) is 0 Å². The Morgan fingerprint density at radius 3 is 2.47 bits per heavy atom. The van der Waals surface area contributed by atoms with Crippen molar-refractivity contribution in [3.8, 4) is 0 Å². The summed E-state index contributed by atoms with van der Waals surface area (Å²) in [6, 6.07) is 4.82. The van der Waals surface area contributed by atoms with Gasteiger partial charge in [0.05, 0.1) is 6.54 Å². The van der Waals surface area contributed by atoms with Crippen molar-refractivity contribution >= 4 is 35.2 Å². The molecule has 0 unspecified atom stereocenters. The Morgan fingerprint density at radius 1 is 1.37 bits per heavy atom. The third-order valence-electron chi connectivity index (χ3n) is 2.15. The predicted octanol–water partition coefficient (Wildman–Crippen LogP) is 2.75. The Kier molecular flexibility index (Phi) is 5.72. The van der Waals surface area contributed by atoms with Crippen molar-refractivity contribution in [3.63, 3.8) is 0 Å². The number of hydrogen-bond acceptors (Lipinski definition) is 2. The maximum absolute atomic E-state index is 12.7. The SMILES string of the molecule is O=C(/C=C/c1c(Cl)cccc1Cl)NCC(F)(F)CO. The highest BCUT2D eigenvalue weighted by Gasteiger charge is 2.27.